The lowest BCUT2D eigenvalue weighted by Gasteiger charge is -2.38. The molecule has 28 heavy (non-hydrogen) atoms. The van der Waals surface area contributed by atoms with Crippen molar-refractivity contribution in [3.63, 3.8) is 0 Å². The smallest absolute Gasteiger partial charge is 0.240 e. The molecule has 148 valence electrons. The van der Waals surface area contributed by atoms with Crippen LogP contribution < -0.4 is 10.2 Å². The molecule has 0 unspecified atom stereocenters. The van der Waals surface area contributed by atoms with Gasteiger partial charge in [0.15, 0.2) is 0 Å². The summed E-state index contributed by atoms with van der Waals surface area (Å²) in [5, 5.41) is 4.59. The SMILES string of the molecule is O=C([C@@H]1C[C@H](N2CCN(c3ncnc4ccccc34)CC2)CN1)N1CCSC1. The van der Waals surface area contributed by atoms with Crippen molar-refractivity contribution in [2.45, 2.75) is 18.5 Å². The van der Waals surface area contributed by atoms with Crippen LogP contribution in [0.3, 0.4) is 0 Å². The van der Waals surface area contributed by atoms with Crippen molar-refractivity contribution in [2.75, 3.05) is 55.8 Å². The maximum absolute atomic E-state index is 12.6. The van der Waals surface area contributed by atoms with E-state index in [4.69, 9.17) is 0 Å². The van der Waals surface area contributed by atoms with E-state index in [9.17, 15) is 4.79 Å². The summed E-state index contributed by atoms with van der Waals surface area (Å²) in [5.74, 6) is 3.25. The lowest BCUT2D eigenvalue weighted by atomic mass is 10.1. The number of carbonyl (C=O) groups excluding carboxylic acids is 1. The second kappa shape index (κ2) is 7.85. The Morgan fingerprint density at radius 3 is 2.79 bits per heavy atom. The first-order chi connectivity index (χ1) is 13.8. The predicted molar refractivity (Wildman–Crippen MR) is 113 cm³/mol. The third-order valence-electron chi connectivity index (χ3n) is 6.12. The van der Waals surface area contributed by atoms with Gasteiger partial charge in [-0.15, -0.1) is 11.8 Å². The maximum atomic E-state index is 12.6. The molecule has 1 N–H and O–H groups in total. The van der Waals surface area contributed by atoms with Crippen LogP contribution >= 0.6 is 11.8 Å². The fourth-order valence-corrected chi connectivity index (χ4v) is 5.49. The standard InChI is InChI=1S/C20H26N6OS/c27-20(26-9-10-28-14-26)18-11-15(12-21-18)24-5-7-25(8-6-24)19-16-3-1-2-4-17(16)22-13-23-19/h1-4,13,15,18,21H,5-12,14H2/t15-,18-/m0/s1. The first kappa shape index (κ1) is 18.1. The zero-order chi connectivity index (χ0) is 18.9. The van der Waals surface area contributed by atoms with Gasteiger partial charge in [-0.25, -0.2) is 9.97 Å². The van der Waals surface area contributed by atoms with Crippen LogP contribution in [0.15, 0.2) is 30.6 Å². The number of piperazine rings is 1. The van der Waals surface area contributed by atoms with Crippen LogP contribution in [0.2, 0.25) is 0 Å². The van der Waals surface area contributed by atoms with Crippen molar-refractivity contribution in [1.29, 1.82) is 0 Å². The summed E-state index contributed by atoms with van der Waals surface area (Å²) in [6, 6.07) is 8.65. The van der Waals surface area contributed by atoms with Crippen molar-refractivity contribution in [2.24, 2.45) is 0 Å². The predicted octanol–water partition coefficient (Wildman–Crippen LogP) is 1.02. The molecule has 2 aromatic rings. The molecular weight excluding hydrogens is 372 g/mol. The average molecular weight is 399 g/mol. The molecule has 4 heterocycles. The molecule has 3 saturated heterocycles. The summed E-state index contributed by atoms with van der Waals surface area (Å²) in [7, 11) is 0. The first-order valence-corrected chi connectivity index (χ1v) is 11.2. The van der Waals surface area contributed by atoms with E-state index in [1.165, 1.54) is 0 Å². The Kier molecular flexibility index (Phi) is 5.09. The minimum Gasteiger partial charge on any atom is -0.353 e. The maximum Gasteiger partial charge on any atom is 0.240 e. The second-order valence-electron chi connectivity index (χ2n) is 7.73. The van der Waals surface area contributed by atoms with Crippen molar-refractivity contribution >= 4 is 34.4 Å². The number of amides is 1. The molecule has 5 rings (SSSR count). The van der Waals surface area contributed by atoms with Gasteiger partial charge in [0.2, 0.25) is 5.91 Å². The van der Waals surface area contributed by atoms with E-state index in [-0.39, 0.29) is 6.04 Å². The number of rotatable bonds is 3. The number of benzene rings is 1. The molecule has 0 bridgehead atoms. The zero-order valence-corrected chi connectivity index (χ0v) is 16.8. The molecule has 0 saturated carbocycles. The van der Waals surface area contributed by atoms with Crippen molar-refractivity contribution < 1.29 is 4.79 Å². The highest BCUT2D eigenvalue weighted by Crippen LogP contribution is 2.25. The Bertz CT molecular complexity index is 844. The van der Waals surface area contributed by atoms with Crippen LogP contribution in [-0.2, 0) is 4.79 Å². The number of anilines is 1. The fourth-order valence-electron chi connectivity index (χ4n) is 4.53. The van der Waals surface area contributed by atoms with Crippen LogP contribution in [0.25, 0.3) is 10.9 Å². The Morgan fingerprint density at radius 2 is 1.96 bits per heavy atom. The molecule has 0 radical (unpaired) electrons. The summed E-state index contributed by atoms with van der Waals surface area (Å²) < 4.78 is 0. The number of carbonyl (C=O) groups is 1. The Hall–Kier alpha value is -1.90. The molecule has 8 heteroatoms. The summed E-state index contributed by atoms with van der Waals surface area (Å²) >= 11 is 1.85. The van der Waals surface area contributed by atoms with E-state index in [0.29, 0.717) is 11.9 Å². The van der Waals surface area contributed by atoms with Gasteiger partial charge in [0.25, 0.3) is 0 Å². The van der Waals surface area contributed by atoms with Crippen LogP contribution in [0.5, 0.6) is 0 Å². The molecule has 3 aliphatic rings. The third-order valence-corrected chi connectivity index (χ3v) is 7.09. The molecule has 0 spiro atoms. The Labute approximate surface area is 169 Å². The topological polar surface area (TPSA) is 64.6 Å². The van der Waals surface area contributed by atoms with Gasteiger partial charge >= 0.3 is 0 Å². The Balaban J connectivity index is 1.20. The Morgan fingerprint density at radius 1 is 1.11 bits per heavy atom. The molecule has 1 amide bonds. The van der Waals surface area contributed by atoms with Crippen LogP contribution in [0.4, 0.5) is 5.82 Å². The summed E-state index contributed by atoms with van der Waals surface area (Å²) in [6.45, 7) is 5.74. The van der Waals surface area contributed by atoms with Crippen LogP contribution in [0.1, 0.15) is 6.42 Å². The van der Waals surface area contributed by atoms with E-state index in [0.717, 1.165) is 74.0 Å². The third kappa shape index (κ3) is 3.44. The van der Waals surface area contributed by atoms with E-state index < -0.39 is 0 Å². The highest BCUT2D eigenvalue weighted by Gasteiger charge is 2.36. The number of para-hydroxylation sites is 1. The molecule has 1 aromatic carbocycles. The van der Waals surface area contributed by atoms with Gasteiger partial charge in [0, 0.05) is 56.4 Å². The minimum absolute atomic E-state index is 0.00691. The number of fused-ring (bicyclic) bond motifs is 1. The first-order valence-electron chi connectivity index (χ1n) is 10.1. The quantitative estimate of drug-likeness (QED) is 0.828. The number of nitrogens with one attached hydrogen (secondary N) is 1. The number of nitrogens with zero attached hydrogens (tertiary/aromatic N) is 5. The van der Waals surface area contributed by atoms with Gasteiger partial charge in [0.05, 0.1) is 17.4 Å². The summed E-state index contributed by atoms with van der Waals surface area (Å²) in [4.78, 5) is 28.5. The van der Waals surface area contributed by atoms with E-state index >= 15 is 0 Å². The summed E-state index contributed by atoms with van der Waals surface area (Å²) in [6.07, 6.45) is 2.59. The second-order valence-corrected chi connectivity index (χ2v) is 8.80. The van der Waals surface area contributed by atoms with Gasteiger partial charge in [-0.3, -0.25) is 9.69 Å². The van der Waals surface area contributed by atoms with E-state index in [1.807, 2.05) is 34.9 Å². The molecule has 0 aliphatic carbocycles. The van der Waals surface area contributed by atoms with Gasteiger partial charge in [-0.1, -0.05) is 12.1 Å². The largest absolute Gasteiger partial charge is 0.353 e. The minimum atomic E-state index is -0.00691. The average Bonchev–Trinajstić information content (AvgIpc) is 3.45. The van der Waals surface area contributed by atoms with Crippen molar-refractivity contribution in [1.82, 2.24) is 25.1 Å². The fraction of sp³-hybridized carbons (Fsp3) is 0.550. The van der Waals surface area contributed by atoms with E-state index in [2.05, 4.69) is 31.2 Å². The highest BCUT2D eigenvalue weighted by molar-refractivity contribution is 7.99. The van der Waals surface area contributed by atoms with E-state index in [1.54, 1.807) is 6.33 Å². The molecule has 3 fully saturated rings. The molecule has 3 aliphatic heterocycles. The normalized spacial score (nSPS) is 26.3. The number of aromatic nitrogens is 2. The van der Waals surface area contributed by atoms with Crippen molar-refractivity contribution in [3.05, 3.63) is 30.6 Å². The van der Waals surface area contributed by atoms with Gasteiger partial charge in [-0.2, -0.15) is 0 Å². The lowest BCUT2D eigenvalue weighted by molar-refractivity contribution is -0.131. The molecule has 1 aromatic heterocycles. The highest BCUT2D eigenvalue weighted by atomic mass is 32.2. The van der Waals surface area contributed by atoms with Crippen molar-refractivity contribution in [3.8, 4) is 0 Å². The van der Waals surface area contributed by atoms with Gasteiger partial charge in [0.1, 0.15) is 12.1 Å². The summed E-state index contributed by atoms with van der Waals surface area (Å²) in [5.41, 5.74) is 0.997. The number of hydrogen-bond acceptors (Lipinski definition) is 7. The number of thioether (sulfide) groups is 1. The lowest BCUT2D eigenvalue weighted by Crippen LogP contribution is -2.51. The monoisotopic (exact) mass is 398 g/mol. The van der Waals surface area contributed by atoms with Gasteiger partial charge < -0.3 is 15.1 Å². The van der Waals surface area contributed by atoms with Gasteiger partial charge in [-0.05, 0) is 18.6 Å². The zero-order valence-electron chi connectivity index (χ0n) is 16.0. The van der Waals surface area contributed by atoms with Crippen LogP contribution in [-0.4, -0.2) is 88.7 Å². The molecular formula is C20H26N6OS. The van der Waals surface area contributed by atoms with Crippen LogP contribution in [0, 0.1) is 0 Å². The number of hydrogen-bond donors (Lipinski definition) is 1. The molecule has 2 atom stereocenters. The molecule has 7 nitrogen and oxygen atoms in total.